The Morgan fingerprint density at radius 3 is 3.12 bits per heavy atom. The van der Waals surface area contributed by atoms with Gasteiger partial charge in [0.25, 0.3) is 0 Å². The van der Waals surface area contributed by atoms with Gasteiger partial charge in [0.1, 0.15) is 0 Å². The summed E-state index contributed by atoms with van der Waals surface area (Å²) >= 11 is 0. The summed E-state index contributed by atoms with van der Waals surface area (Å²) in [5.41, 5.74) is 2.96. The summed E-state index contributed by atoms with van der Waals surface area (Å²) in [5, 5.41) is 3.59. The summed E-state index contributed by atoms with van der Waals surface area (Å²) in [6.07, 6.45) is 3.10. The van der Waals surface area contributed by atoms with Gasteiger partial charge in [-0.3, -0.25) is 0 Å². The molecular weight excluding hydrogens is 196 g/mol. The standard InChI is InChI=1S/C14H20N2/c1-3-10-16(2)11-14-13-7-5-4-6-12(13)8-9-15-14/h3-7,14-15H,1,8-11H2,2H3/t14-/m1/s1. The van der Waals surface area contributed by atoms with E-state index in [-0.39, 0.29) is 0 Å². The third kappa shape index (κ3) is 2.52. The third-order valence-electron chi connectivity index (χ3n) is 3.15. The van der Waals surface area contributed by atoms with Crippen LogP contribution in [0.1, 0.15) is 17.2 Å². The van der Waals surface area contributed by atoms with Crippen molar-refractivity contribution in [3.8, 4) is 0 Å². The second kappa shape index (κ2) is 5.28. The van der Waals surface area contributed by atoms with Crippen LogP contribution in [0.15, 0.2) is 36.9 Å². The zero-order valence-electron chi connectivity index (χ0n) is 9.95. The van der Waals surface area contributed by atoms with Crippen LogP contribution in [-0.2, 0) is 6.42 Å². The minimum Gasteiger partial charge on any atom is -0.309 e. The third-order valence-corrected chi connectivity index (χ3v) is 3.15. The molecule has 0 saturated heterocycles. The van der Waals surface area contributed by atoms with Crippen LogP contribution in [0.3, 0.4) is 0 Å². The van der Waals surface area contributed by atoms with E-state index in [4.69, 9.17) is 0 Å². The number of benzene rings is 1. The summed E-state index contributed by atoms with van der Waals surface area (Å²) in [5.74, 6) is 0. The van der Waals surface area contributed by atoms with Crippen molar-refractivity contribution in [3.63, 3.8) is 0 Å². The Bertz CT molecular complexity index is 360. The topological polar surface area (TPSA) is 15.3 Å². The van der Waals surface area contributed by atoms with Gasteiger partial charge >= 0.3 is 0 Å². The summed E-state index contributed by atoms with van der Waals surface area (Å²) < 4.78 is 0. The second-order valence-electron chi connectivity index (χ2n) is 4.47. The summed E-state index contributed by atoms with van der Waals surface area (Å²) in [6.45, 7) is 6.85. The molecule has 2 nitrogen and oxygen atoms in total. The summed E-state index contributed by atoms with van der Waals surface area (Å²) in [6, 6.07) is 9.22. The summed E-state index contributed by atoms with van der Waals surface area (Å²) in [4.78, 5) is 2.30. The Hall–Kier alpha value is -1.12. The van der Waals surface area contributed by atoms with Gasteiger partial charge in [0.15, 0.2) is 0 Å². The lowest BCUT2D eigenvalue weighted by atomic mass is 9.94. The van der Waals surface area contributed by atoms with E-state index in [0.29, 0.717) is 6.04 Å². The highest BCUT2D eigenvalue weighted by Crippen LogP contribution is 2.22. The molecule has 0 amide bonds. The van der Waals surface area contributed by atoms with Gasteiger partial charge in [-0.15, -0.1) is 6.58 Å². The average Bonchev–Trinajstić information content (AvgIpc) is 2.30. The Balaban J connectivity index is 2.09. The number of hydrogen-bond acceptors (Lipinski definition) is 2. The fourth-order valence-electron chi connectivity index (χ4n) is 2.36. The van der Waals surface area contributed by atoms with Crippen LogP contribution in [0.25, 0.3) is 0 Å². The lowest BCUT2D eigenvalue weighted by molar-refractivity contribution is 0.310. The molecule has 0 spiro atoms. The fourth-order valence-corrected chi connectivity index (χ4v) is 2.36. The van der Waals surface area contributed by atoms with Crippen LogP contribution in [0, 0.1) is 0 Å². The van der Waals surface area contributed by atoms with Crippen molar-refractivity contribution in [2.24, 2.45) is 0 Å². The zero-order chi connectivity index (χ0) is 11.4. The van der Waals surface area contributed by atoms with Gasteiger partial charge in [0.2, 0.25) is 0 Å². The molecule has 0 bridgehead atoms. The lowest BCUT2D eigenvalue weighted by Crippen LogP contribution is -2.37. The molecule has 0 aromatic heterocycles. The van der Waals surface area contributed by atoms with Crippen molar-refractivity contribution >= 4 is 0 Å². The van der Waals surface area contributed by atoms with Crippen LogP contribution in [0.2, 0.25) is 0 Å². The molecule has 0 radical (unpaired) electrons. The molecule has 1 aromatic carbocycles. The number of nitrogens with zero attached hydrogens (tertiary/aromatic N) is 1. The largest absolute Gasteiger partial charge is 0.309 e. The van der Waals surface area contributed by atoms with E-state index in [1.165, 1.54) is 11.1 Å². The van der Waals surface area contributed by atoms with E-state index in [2.05, 4.69) is 48.1 Å². The first-order chi connectivity index (χ1) is 7.81. The predicted molar refractivity (Wildman–Crippen MR) is 68.6 cm³/mol. The predicted octanol–water partition coefficient (Wildman–Crippen LogP) is 1.99. The van der Waals surface area contributed by atoms with Crippen LogP contribution in [0.4, 0.5) is 0 Å². The highest BCUT2D eigenvalue weighted by Gasteiger charge is 2.19. The van der Waals surface area contributed by atoms with Gasteiger partial charge in [-0.2, -0.15) is 0 Å². The van der Waals surface area contributed by atoms with Crippen molar-refractivity contribution in [1.82, 2.24) is 10.2 Å². The molecule has 16 heavy (non-hydrogen) atoms. The molecule has 86 valence electrons. The molecule has 1 heterocycles. The molecule has 2 heteroatoms. The molecule has 1 atom stereocenters. The molecule has 2 rings (SSSR count). The van der Waals surface area contributed by atoms with E-state index in [9.17, 15) is 0 Å². The van der Waals surface area contributed by atoms with E-state index in [1.54, 1.807) is 0 Å². The van der Waals surface area contributed by atoms with Crippen molar-refractivity contribution in [2.75, 3.05) is 26.7 Å². The normalized spacial score (nSPS) is 19.5. The quantitative estimate of drug-likeness (QED) is 0.774. The van der Waals surface area contributed by atoms with Crippen molar-refractivity contribution < 1.29 is 0 Å². The first-order valence-electron chi connectivity index (χ1n) is 5.92. The minimum atomic E-state index is 0.467. The van der Waals surface area contributed by atoms with E-state index < -0.39 is 0 Å². The summed E-state index contributed by atoms with van der Waals surface area (Å²) in [7, 11) is 2.14. The van der Waals surface area contributed by atoms with E-state index >= 15 is 0 Å². The first-order valence-corrected chi connectivity index (χ1v) is 5.92. The van der Waals surface area contributed by atoms with Gasteiger partial charge < -0.3 is 10.2 Å². The minimum absolute atomic E-state index is 0.467. The number of hydrogen-bond donors (Lipinski definition) is 1. The fraction of sp³-hybridized carbons (Fsp3) is 0.429. The molecule has 1 N–H and O–H groups in total. The second-order valence-corrected chi connectivity index (χ2v) is 4.47. The van der Waals surface area contributed by atoms with Gasteiger partial charge in [-0.05, 0) is 31.1 Å². The smallest absolute Gasteiger partial charge is 0.0452 e. The maximum absolute atomic E-state index is 3.78. The van der Waals surface area contributed by atoms with Crippen molar-refractivity contribution in [3.05, 3.63) is 48.0 Å². The maximum atomic E-state index is 3.78. The Kier molecular flexibility index (Phi) is 3.75. The first kappa shape index (κ1) is 11.4. The maximum Gasteiger partial charge on any atom is 0.0452 e. The molecule has 0 fully saturated rings. The lowest BCUT2D eigenvalue weighted by Gasteiger charge is -2.30. The van der Waals surface area contributed by atoms with Crippen molar-refractivity contribution in [1.29, 1.82) is 0 Å². The van der Waals surface area contributed by atoms with E-state index in [1.807, 2.05) is 6.08 Å². The molecule has 1 aliphatic heterocycles. The molecule has 0 saturated carbocycles. The Morgan fingerprint density at radius 2 is 2.31 bits per heavy atom. The van der Waals surface area contributed by atoms with Crippen LogP contribution < -0.4 is 5.32 Å². The SMILES string of the molecule is C=CCN(C)C[C@H]1NCCc2ccccc21. The number of fused-ring (bicyclic) bond motifs is 1. The molecule has 1 aliphatic rings. The Labute approximate surface area is 98.0 Å². The molecule has 0 aliphatic carbocycles. The van der Waals surface area contributed by atoms with Gasteiger partial charge in [-0.25, -0.2) is 0 Å². The highest BCUT2D eigenvalue weighted by molar-refractivity contribution is 5.32. The highest BCUT2D eigenvalue weighted by atomic mass is 15.1. The van der Waals surface area contributed by atoms with Crippen molar-refractivity contribution in [2.45, 2.75) is 12.5 Å². The molecule has 1 aromatic rings. The van der Waals surface area contributed by atoms with Crippen LogP contribution >= 0.6 is 0 Å². The average molecular weight is 216 g/mol. The van der Waals surface area contributed by atoms with Gasteiger partial charge in [0.05, 0.1) is 0 Å². The zero-order valence-corrected chi connectivity index (χ0v) is 9.95. The van der Waals surface area contributed by atoms with E-state index in [0.717, 1.165) is 26.1 Å². The molecule has 0 unspecified atom stereocenters. The molecular formula is C14H20N2. The van der Waals surface area contributed by atoms with Crippen LogP contribution in [-0.4, -0.2) is 31.6 Å². The van der Waals surface area contributed by atoms with Gasteiger partial charge in [-0.1, -0.05) is 30.3 Å². The van der Waals surface area contributed by atoms with Gasteiger partial charge in [0, 0.05) is 19.1 Å². The number of likely N-dealkylation sites (N-methyl/N-ethyl adjacent to an activating group) is 1. The Morgan fingerprint density at radius 1 is 1.50 bits per heavy atom. The van der Waals surface area contributed by atoms with Crippen LogP contribution in [0.5, 0.6) is 0 Å². The number of nitrogens with one attached hydrogen (secondary N) is 1. The monoisotopic (exact) mass is 216 g/mol. The number of rotatable bonds is 4.